The summed E-state index contributed by atoms with van der Waals surface area (Å²) in [5.41, 5.74) is 0.951. The van der Waals surface area contributed by atoms with Crippen LogP contribution in [0, 0.1) is 6.92 Å². The molecule has 132 valence electrons. The van der Waals surface area contributed by atoms with Gasteiger partial charge in [-0.25, -0.2) is 9.78 Å². The predicted molar refractivity (Wildman–Crippen MR) is 86.2 cm³/mol. The first-order valence-corrected chi connectivity index (χ1v) is 8.11. The SMILES string of the molecule is Cc1nc([C@@H]2CN(C(=O)NCc3ccc4c(c3)OCO4)CCO2)n[nH]1. The Morgan fingerprint density at radius 1 is 1.40 bits per heavy atom. The van der Waals surface area contributed by atoms with Gasteiger partial charge in [-0.05, 0) is 24.6 Å². The van der Waals surface area contributed by atoms with Crippen LogP contribution in [-0.4, -0.2) is 52.6 Å². The molecule has 4 rings (SSSR count). The average Bonchev–Trinajstić information content (AvgIpc) is 3.28. The predicted octanol–water partition coefficient (Wildman–Crippen LogP) is 1.12. The smallest absolute Gasteiger partial charge is 0.317 e. The minimum Gasteiger partial charge on any atom is -0.454 e. The molecule has 2 aliphatic rings. The minimum absolute atomic E-state index is 0.141. The van der Waals surface area contributed by atoms with Crippen LogP contribution >= 0.6 is 0 Å². The number of hydrogen-bond acceptors (Lipinski definition) is 6. The van der Waals surface area contributed by atoms with Crippen LogP contribution in [0.1, 0.15) is 23.3 Å². The fraction of sp³-hybridized carbons (Fsp3) is 0.438. The lowest BCUT2D eigenvalue weighted by Gasteiger charge is -2.31. The van der Waals surface area contributed by atoms with Crippen molar-refractivity contribution >= 4 is 6.03 Å². The number of nitrogens with zero attached hydrogens (tertiary/aromatic N) is 3. The van der Waals surface area contributed by atoms with E-state index in [2.05, 4.69) is 20.5 Å². The Morgan fingerprint density at radius 2 is 2.28 bits per heavy atom. The summed E-state index contributed by atoms with van der Waals surface area (Å²) in [5.74, 6) is 2.74. The molecule has 2 amide bonds. The number of ether oxygens (including phenoxy) is 3. The average molecular weight is 345 g/mol. The van der Waals surface area contributed by atoms with Gasteiger partial charge in [0.25, 0.3) is 0 Å². The van der Waals surface area contributed by atoms with Gasteiger partial charge >= 0.3 is 6.03 Å². The molecule has 0 radical (unpaired) electrons. The third kappa shape index (κ3) is 3.36. The zero-order valence-corrected chi connectivity index (χ0v) is 13.8. The molecule has 0 bridgehead atoms. The topological polar surface area (TPSA) is 102 Å². The molecule has 1 atom stereocenters. The Hall–Kier alpha value is -2.81. The number of carbonyl (C=O) groups excluding carboxylic acids is 1. The van der Waals surface area contributed by atoms with E-state index in [0.29, 0.717) is 37.8 Å². The molecule has 1 aromatic heterocycles. The summed E-state index contributed by atoms with van der Waals surface area (Å²) in [4.78, 5) is 18.4. The lowest BCUT2D eigenvalue weighted by atomic mass is 10.2. The van der Waals surface area contributed by atoms with Crippen LogP contribution in [0.2, 0.25) is 0 Å². The number of H-pyrrole nitrogens is 1. The van der Waals surface area contributed by atoms with Crippen LogP contribution in [0.25, 0.3) is 0 Å². The van der Waals surface area contributed by atoms with Crippen molar-refractivity contribution in [1.82, 2.24) is 25.4 Å². The van der Waals surface area contributed by atoms with Crippen LogP contribution < -0.4 is 14.8 Å². The van der Waals surface area contributed by atoms with Crippen LogP contribution in [0.4, 0.5) is 4.79 Å². The van der Waals surface area contributed by atoms with E-state index in [1.165, 1.54) is 0 Å². The number of urea groups is 1. The summed E-state index contributed by atoms with van der Waals surface area (Å²) in [6, 6.07) is 5.49. The molecule has 9 heteroatoms. The third-order valence-electron chi connectivity index (χ3n) is 4.14. The zero-order valence-electron chi connectivity index (χ0n) is 13.8. The first-order chi connectivity index (χ1) is 12.2. The molecule has 1 saturated heterocycles. The standard InChI is InChI=1S/C16H19N5O4/c1-10-18-15(20-19-10)14-8-21(4-5-23-14)16(22)17-7-11-2-3-12-13(6-11)25-9-24-12/h2-3,6,14H,4-5,7-9H2,1H3,(H,17,22)(H,18,19,20)/t14-/m0/s1. The third-order valence-corrected chi connectivity index (χ3v) is 4.14. The summed E-state index contributed by atoms with van der Waals surface area (Å²) in [6.07, 6.45) is -0.310. The summed E-state index contributed by atoms with van der Waals surface area (Å²) >= 11 is 0. The van der Waals surface area contributed by atoms with Crippen LogP contribution in [-0.2, 0) is 11.3 Å². The number of carbonyl (C=O) groups is 1. The fourth-order valence-corrected chi connectivity index (χ4v) is 2.83. The Balaban J connectivity index is 1.34. The van der Waals surface area contributed by atoms with E-state index in [0.717, 1.165) is 17.1 Å². The lowest BCUT2D eigenvalue weighted by Crippen LogP contribution is -2.47. The molecule has 3 heterocycles. The molecule has 2 aliphatic heterocycles. The highest BCUT2D eigenvalue weighted by atomic mass is 16.7. The largest absolute Gasteiger partial charge is 0.454 e. The van der Waals surface area contributed by atoms with Gasteiger partial charge in [-0.2, -0.15) is 5.10 Å². The lowest BCUT2D eigenvalue weighted by molar-refractivity contribution is -0.0198. The van der Waals surface area contributed by atoms with Gasteiger partial charge in [0, 0.05) is 13.1 Å². The molecule has 2 N–H and O–H groups in total. The number of rotatable bonds is 3. The zero-order chi connectivity index (χ0) is 17.2. The molecule has 9 nitrogen and oxygen atoms in total. The first-order valence-electron chi connectivity index (χ1n) is 8.11. The number of morpholine rings is 1. The molecule has 0 spiro atoms. The van der Waals surface area contributed by atoms with E-state index in [4.69, 9.17) is 14.2 Å². The van der Waals surface area contributed by atoms with Gasteiger partial charge in [0.05, 0.1) is 13.2 Å². The van der Waals surface area contributed by atoms with Gasteiger partial charge in [0.1, 0.15) is 11.9 Å². The van der Waals surface area contributed by atoms with Crippen molar-refractivity contribution in [3.63, 3.8) is 0 Å². The molecule has 1 fully saturated rings. The van der Waals surface area contributed by atoms with Gasteiger partial charge in [-0.1, -0.05) is 6.07 Å². The van der Waals surface area contributed by atoms with Gasteiger partial charge in [-0.3, -0.25) is 5.10 Å². The van der Waals surface area contributed by atoms with Crippen LogP contribution in [0.15, 0.2) is 18.2 Å². The number of hydrogen-bond donors (Lipinski definition) is 2. The van der Waals surface area contributed by atoms with Crippen molar-refractivity contribution in [3.05, 3.63) is 35.4 Å². The highest BCUT2D eigenvalue weighted by molar-refractivity contribution is 5.74. The number of aryl methyl sites for hydroxylation is 1. The van der Waals surface area contributed by atoms with E-state index in [1.807, 2.05) is 25.1 Å². The number of aromatic nitrogens is 3. The monoisotopic (exact) mass is 345 g/mol. The van der Waals surface area contributed by atoms with Gasteiger partial charge in [0.2, 0.25) is 6.79 Å². The van der Waals surface area contributed by atoms with Crippen LogP contribution in [0.5, 0.6) is 11.5 Å². The molecular formula is C16H19N5O4. The molecule has 25 heavy (non-hydrogen) atoms. The van der Waals surface area contributed by atoms with Crippen LogP contribution in [0.3, 0.4) is 0 Å². The van der Waals surface area contributed by atoms with E-state index in [9.17, 15) is 4.79 Å². The van der Waals surface area contributed by atoms with Gasteiger partial charge in [-0.15, -0.1) is 0 Å². The number of nitrogens with one attached hydrogen (secondary N) is 2. The second-order valence-electron chi connectivity index (χ2n) is 5.93. The van der Waals surface area contributed by atoms with Crippen molar-refractivity contribution in [1.29, 1.82) is 0 Å². The van der Waals surface area contributed by atoms with E-state index < -0.39 is 0 Å². The number of fused-ring (bicyclic) bond motifs is 1. The summed E-state index contributed by atoms with van der Waals surface area (Å²) < 4.78 is 16.3. The number of amides is 2. The molecular weight excluding hydrogens is 326 g/mol. The molecule has 1 aromatic carbocycles. The second-order valence-corrected chi connectivity index (χ2v) is 5.93. The van der Waals surface area contributed by atoms with Crippen molar-refractivity contribution in [2.45, 2.75) is 19.6 Å². The minimum atomic E-state index is -0.310. The van der Waals surface area contributed by atoms with Crippen molar-refractivity contribution in [3.8, 4) is 11.5 Å². The highest BCUT2D eigenvalue weighted by Crippen LogP contribution is 2.32. The summed E-state index contributed by atoms with van der Waals surface area (Å²) in [5, 5.41) is 9.83. The van der Waals surface area contributed by atoms with Crippen molar-refractivity contribution in [2.24, 2.45) is 0 Å². The first kappa shape index (κ1) is 15.7. The normalized spacial score (nSPS) is 19.1. The van der Waals surface area contributed by atoms with Gasteiger partial charge in [0.15, 0.2) is 17.3 Å². The second kappa shape index (κ2) is 6.60. The maximum Gasteiger partial charge on any atom is 0.317 e. The quantitative estimate of drug-likeness (QED) is 0.864. The van der Waals surface area contributed by atoms with E-state index in [-0.39, 0.29) is 18.9 Å². The maximum atomic E-state index is 12.4. The Bertz CT molecular complexity index is 778. The summed E-state index contributed by atoms with van der Waals surface area (Å²) in [6.45, 7) is 3.89. The molecule has 0 saturated carbocycles. The number of aromatic amines is 1. The molecule has 0 aliphatic carbocycles. The summed E-state index contributed by atoms with van der Waals surface area (Å²) in [7, 11) is 0. The Kier molecular flexibility index (Phi) is 4.14. The Labute approximate surface area is 144 Å². The maximum absolute atomic E-state index is 12.4. The van der Waals surface area contributed by atoms with E-state index >= 15 is 0 Å². The molecule has 0 unspecified atom stereocenters. The van der Waals surface area contributed by atoms with Crippen molar-refractivity contribution < 1.29 is 19.0 Å². The number of benzene rings is 1. The fourth-order valence-electron chi connectivity index (χ4n) is 2.83. The molecule has 2 aromatic rings. The van der Waals surface area contributed by atoms with Gasteiger partial charge < -0.3 is 24.4 Å². The van der Waals surface area contributed by atoms with Crippen molar-refractivity contribution in [2.75, 3.05) is 26.5 Å². The highest BCUT2D eigenvalue weighted by Gasteiger charge is 2.28. The Morgan fingerprint density at radius 3 is 3.12 bits per heavy atom. The van der Waals surface area contributed by atoms with E-state index in [1.54, 1.807) is 4.90 Å².